The Morgan fingerprint density at radius 2 is 1.77 bits per heavy atom. The number of hydrogen-bond acceptors (Lipinski definition) is 4. The predicted octanol–water partition coefficient (Wildman–Crippen LogP) is 1.97. The maximum absolute atomic E-state index is 13.1. The fourth-order valence-electron chi connectivity index (χ4n) is 3.18. The molecule has 2 aromatic carbocycles. The molecule has 1 amide bonds. The van der Waals surface area contributed by atoms with Gasteiger partial charge in [0.15, 0.2) is 0 Å². The van der Waals surface area contributed by atoms with Gasteiger partial charge in [-0.1, -0.05) is 36.4 Å². The molecular formula is C20H25FN4O. The van der Waals surface area contributed by atoms with E-state index in [0.29, 0.717) is 13.1 Å². The van der Waals surface area contributed by atoms with E-state index in [0.717, 1.165) is 17.7 Å². The topological polar surface area (TPSA) is 56.4 Å². The molecule has 6 heteroatoms. The van der Waals surface area contributed by atoms with Crippen LogP contribution in [0.1, 0.15) is 22.7 Å². The molecule has 138 valence electrons. The first-order valence-corrected chi connectivity index (χ1v) is 8.77. The summed E-state index contributed by atoms with van der Waals surface area (Å²) in [6.07, 6.45) is 0. The van der Waals surface area contributed by atoms with Gasteiger partial charge in [0.05, 0.1) is 12.0 Å². The van der Waals surface area contributed by atoms with Gasteiger partial charge in [-0.05, 0) is 42.9 Å². The van der Waals surface area contributed by atoms with Crippen molar-refractivity contribution in [1.82, 2.24) is 21.1 Å². The first-order valence-electron chi connectivity index (χ1n) is 8.77. The van der Waals surface area contributed by atoms with Crippen LogP contribution in [0.25, 0.3) is 0 Å². The van der Waals surface area contributed by atoms with E-state index in [9.17, 15) is 9.18 Å². The highest BCUT2D eigenvalue weighted by Gasteiger charge is 2.33. The molecule has 0 aliphatic carbocycles. The molecule has 5 nitrogen and oxygen atoms in total. The van der Waals surface area contributed by atoms with E-state index < -0.39 is 0 Å². The molecule has 26 heavy (non-hydrogen) atoms. The quantitative estimate of drug-likeness (QED) is 0.741. The molecule has 0 saturated carbocycles. The van der Waals surface area contributed by atoms with Gasteiger partial charge in [0.1, 0.15) is 5.82 Å². The summed E-state index contributed by atoms with van der Waals surface area (Å²) in [6.45, 7) is 1.93. The minimum Gasteiger partial charge on any atom is -0.352 e. The van der Waals surface area contributed by atoms with Crippen molar-refractivity contribution in [2.24, 2.45) is 5.92 Å². The molecule has 1 aliphatic rings. The summed E-state index contributed by atoms with van der Waals surface area (Å²) < 4.78 is 13.1. The van der Waals surface area contributed by atoms with Crippen molar-refractivity contribution < 1.29 is 9.18 Å². The third kappa shape index (κ3) is 4.66. The summed E-state index contributed by atoms with van der Waals surface area (Å²) in [5.41, 5.74) is 9.34. The van der Waals surface area contributed by atoms with Crippen molar-refractivity contribution in [3.05, 3.63) is 71.0 Å². The van der Waals surface area contributed by atoms with Crippen LogP contribution in [-0.2, 0) is 17.9 Å². The third-order valence-corrected chi connectivity index (χ3v) is 4.54. The number of hydrogen-bond donors (Lipinski definition) is 3. The SMILES string of the molecule is CN(C)Cc1ccc(CNC(=O)C2CNNC2c2ccc(F)cc2)cc1. The van der Waals surface area contributed by atoms with Gasteiger partial charge in [-0.3, -0.25) is 10.2 Å². The molecular weight excluding hydrogens is 331 g/mol. The Morgan fingerprint density at radius 1 is 1.12 bits per heavy atom. The van der Waals surface area contributed by atoms with Crippen molar-refractivity contribution in [3.8, 4) is 0 Å². The third-order valence-electron chi connectivity index (χ3n) is 4.54. The second kappa shape index (κ2) is 8.40. The smallest absolute Gasteiger partial charge is 0.226 e. The van der Waals surface area contributed by atoms with Crippen LogP contribution in [0.2, 0.25) is 0 Å². The summed E-state index contributed by atoms with van der Waals surface area (Å²) in [6, 6.07) is 14.3. The molecule has 0 aromatic heterocycles. The molecule has 1 fully saturated rings. The molecule has 1 aliphatic heterocycles. The van der Waals surface area contributed by atoms with Gasteiger partial charge in [-0.15, -0.1) is 0 Å². The summed E-state index contributed by atoms with van der Waals surface area (Å²) >= 11 is 0. The normalized spacial score (nSPS) is 19.7. The lowest BCUT2D eigenvalue weighted by Gasteiger charge is -2.18. The van der Waals surface area contributed by atoms with E-state index in [1.54, 1.807) is 12.1 Å². The lowest BCUT2D eigenvalue weighted by molar-refractivity contribution is -0.125. The molecule has 0 bridgehead atoms. The summed E-state index contributed by atoms with van der Waals surface area (Å²) in [5, 5.41) is 3.01. The van der Waals surface area contributed by atoms with E-state index in [1.165, 1.54) is 17.7 Å². The number of nitrogens with one attached hydrogen (secondary N) is 3. The van der Waals surface area contributed by atoms with Gasteiger partial charge in [0.2, 0.25) is 5.91 Å². The Balaban J connectivity index is 1.58. The highest BCUT2D eigenvalue weighted by molar-refractivity contribution is 5.80. The maximum Gasteiger partial charge on any atom is 0.226 e. The number of nitrogens with zero attached hydrogens (tertiary/aromatic N) is 1. The number of halogens is 1. The zero-order chi connectivity index (χ0) is 18.5. The van der Waals surface area contributed by atoms with Crippen LogP contribution in [0.5, 0.6) is 0 Å². The number of rotatable bonds is 6. The molecule has 0 spiro atoms. The van der Waals surface area contributed by atoms with Crippen LogP contribution in [0.15, 0.2) is 48.5 Å². The van der Waals surface area contributed by atoms with Gasteiger partial charge in [-0.25, -0.2) is 9.82 Å². The average Bonchev–Trinajstić information content (AvgIpc) is 3.11. The molecule has 2 atom stereocenters. The van der Waals surface area contributed by atoms with Crippen molar-refractivity contribution >= 4 is 5.91 Å². The van der Waals surface area contributed by atoms with Crippen molar-refractivity contribution in [2.45, 2.75) is 19.1 Å². The standard InChI is InChI=1S/C20H25FN4O/c1-25(2)13-15-5-3-14(4-6-15)11-22-20(26)18-12-23-24-19(18)16-7-9-17(21)10-8-16/h3-10,18-19,23-24H,11-13H2,1-2H3,(H,22,26). The fourth-order valence-corrected chi connectivity index (χ4v) is 3.18. The minimum atomic E-state index is -0.279. The molecule has 3 N–H and O–H groups in total. The summed E-state index contributed by atoms with van der Waals surface area (Å²) in [4.78, 5) is 14.7. The largest absolute Gasteiger partial charge is 0.352 e. The number of benzene rings is 2. The van der Waals surface area contributed by atoms with E-state index in [1.807, 2.05) is 26.2 Å². The lowest BCUT2D eigenvalue weighted by atomic mass is 9.94. The zero-order valence-corrected chi connectivity index (χ0v) is 15.1. The molecule has 1 saturated heterocycles. The van der Waals surface area contributed by atoms with Crippen LogP contribution in [0.4, 0.5) is 4.39 Å². The van der Waals surface area contributed by atoms with Crippen molar-refractivity contribution in [3.63, 3.8) is 0 Å². The Morgan fingerprint density at radius 3 is 2.42 bits per heavy atom. The lowest BCUT2D eigenvalue weighted by Crippen LogP contribution is -2.34. The number of carbonyl (C=O) groups is 1. The Kier molecular flexibility index (Phi) is 5.98. The number of carbonyl (C=O) groups excluding carboxylic acids is 1. The number of hydrazine groups is 1. The monoisotopic (exact) mass is 356 g/mol. The Bertz CT molecular complexity index is 730. The van der Waals surface area contributed by atoms with Crippen molar-refractivity contribution in [1.29, 1.82) is 0 Å². The molecule has 2 aromatic rings. The van der Waals surface area contributed by atoms with Crippen molar-refractivity contribution in [2.75, 3.05) is 20.6 Å². The van der Waals surface area contributed by atoms with Crippen LogP contribution < -0.4 is 16.2 Å². The van der Waals surface area contributed by atoms with E-state index in [-0.39, 0.29) is 23.7 Å². The fraction of sp³-hybridized carbons (Fsp3) is 0.350. The second-order valence-electron chi connectivity index (χ2n) is 6.93. The highest BCUT2D eigenvalue weighted by Crippen LogP contribution is 2.25. The van der Waals surface area contributed by atoms with Crippen LogP contribution in [-0.4, -0.2) is 31.4 Å². The minimum absolute atomic E-state index is 0.0193. The second-order valence-corrected chi connectivity index (χ2v) is 6.93. The zero-order valence-electron chi connectivity index (χ0n) is 15.1. The first kappa shape index (κ1) is 18.5. The van der Waals surface area contributed by atoms with Crippen LogP contribution in [0.3, 0.4) is 0 Å². The number of amides is 1. The molecule has 3 rings (SSSR count). The van der Waals surface area contributed by atoms with Gasteiger partial charge >= 0.3 is 0 Å². The van der Waals surface area contributed by atoms with E-state index in [2.05, 4.69) is 33.2 Å². The molecule has 2 unspecified atom stereocenters. The Labute approximate surface area is 153 Å². The van der Waals surface area contributed by atoms with Crippen LogP contribution >= 0.6 is 0 Å². The average molecular weight is 356 g/mol. The summed E-state index contributed by atoms with van der Waals surface area (Å²) in [5.74, 6) is -0.541. The van der Waals surface area contributed by atoms with Gasteiger partial charge in [0.25, 0.3) is 0 Å². The highest BCUT2D eigenvalue weighted by atomic mass is 19.1. The first-order chi connectivity index (χ1) is 12.5. The van der Waals surface area contributed by atoms with Gasteiger partial charge < -0.3 is 10.2 Å². The van der Waals surface area contributed by atoms with Gasteiger partial charge in [-0.2, -0.15) is 0 Å². The van der Waals surface area contributed by atoms with E-state index in [4.69, 9.17) is 0 Å². The van der Waals surface area contributed by atoms with Crippen LogP contribution in [0, 0.1) is 11.7 Å². The Hall–Kier alpha value is -2.28. The van der Waals surface area contributed by atoms with Gasteiger partial charge in [0, 0.05) is 19.6 Å². The predicted molar refractivity (Wildman–Crippen MR) is 99.4 cm³/mol. The summed E-state index contributed by atoms with van der Waals surface area (Å²) in [7, 11) is 4.07. The molecule has 1 heterocycles. The maximum atomic E-state index is 13.1. The molecule has 0 radical (unpaired) electrons. The van der Waals surface area contributed by atoms with E-state index >= 15 is 0 Å².